The van der Waals surface area contributed by atoms with Crippen molar-refractivity contribution in [2.75, 3.05) is 0 Å². The van der Waals surface area contributed by atoms with Crippen LogP contribution in [0.25, 0.3) is 0 Å². The molecule has 1 unspecified atom stereocenters. The molecule has 0 saturated carbocycles. The number of nitrogens with zero attached hydrogens (tertiary/aromatic N) is 1. The van der Waals surface area contributed by atoms with Crippen LogP contribution in [0, 0.1) is 0 Å². The second-order valence-electron chi connectivity index (χ2n) is 3.09. The first-order valence-corrected chi connectivity index (χ1v) is 5.47. The molecule has 74 valence electrons. The Morgan fingerprint density at radius 3 is 3.21 bits per heavy atom. The van der Waals surface area contributed by atoms with Gasteiger partial charge in [0.2, 0.25) is 0 Å². The van der Waals surface area contributed by atoms with Crippen LogP contribution in [0.3, 0.4) is 0 Å². The fourth-order valence-electron chi connectivity index (χ4n) is 1.27. The number of allylic oxidation sites excluding steroid dienone is 3. The molecule has 0 spiro atoms. The van der Waals surface area contributed by atoms with Gasteiger partial charge in [-0.1, -0.05) is 11.8 Å². The fourth-order valence-corrected chi connectivity index (χ4v) is 2.17. The highest BCUT2D eigenvalue weighted by Crippen LogP contribution is 2.28. The third-order valence-electron chi connectivity index (χ3n) is 1.99. The topological polar surface area (TPSA) is 38.7 Å². The van der Waals surface area contributed by atoms with E-state index in [4.69, 9.17) is 4.74 Å². The van der Waals surface area contributed by atoms with Gasteiger partial charge in [0.1, 0.15) is 11.1 Å². The van der Waals surface area contributed by atoms with Crippen molar-refractivity contribution >= 4 is 23.1 Å². The van der Waals surface area contributed by atoms with Crippen LogP contribution in [0.4, 0.5) is 0 Å². The third kappa shape index (κ3) is 2.48. The lowest BCUT2D eigenvalue weighted by molar-refractivity contribution is -0.110. The predicted molar refractivity (Wildman–Crippen MR) is 57.0 cm³/mol. The number of carbonyl (C=O) groups is 1. The molecule has 0 aromatic heterocycles. The molecule has 2 rings (SSSR count). The van der Waals surface area contributed by atoms with Crippen LogP contribution in [0.5, 0.6) is 0 Å². The van der Waals surface area contributed by atoms with E-state index in [0.717, 1.165) is 18.6 Å². The Hall–Kier alpha value is -1.03. The molecule has 1 saturated heterocycles. The molecule has 0 amide bonds. The van der Waals surface area contributed by atoms with E-state index in [2.05, 4.69) is 4.99 Å². The van der Waals surface area contributed by atoms with Gasteiger partial charge in [0.25, 0.3) is 0 Å². The monoisotopic (exact) mass is 209 g/mol. The SMILES string of the molecule is O=C1CCC(N=CC2=CCC=CO2)S1. The van der Waals surface area contributed by atoms with E-state index >= 15 is 0 Å². The van der Waals surface area contributed by atoms with Crippen molar-refractivity contribution in [2.45, 2.75) is 24.6 Å². The maximum Gasteiger partial charge on any atom is 0.191 e. The summed E-state index contributed by atoms with van der Waals surface area (Å²) in [5.74, 6) is 0.771. The van der Waals surface area contributed by atoms with Gasteiger partial charge in [0.05, 0.1) is 12.5 Å². The number of hydrogen-bond acceptors (Lipinski definition) is 4. The van der Waals surface area contributed by atoms with Crippen LogP contribution in [-0.4, -0.2) is 16.7 Å². The molecule has 0 aliphatic carbocycles. The van der Waals surface area contributed by atoms with E-state index in [9.17, 15) is 4.79 Å². The zero-order chi connectivity index (χ0) is 9.80. The Balaban J connectivity index is 1.87. The van der Waals surface area contributed by atoms with E-state index in [-0.39, 0.29) is 10.5 Å². The van der Waals surface area contributed by atoms with Gasteiger partial charge < -0.3 is 4.74 Å². The Kier molecular flexibility index (Phi) is 3.03. The van der Waals surface area contributed by atoms with Crippen molar-refractivity contribution in [3.63, 3.8) is 0 Å². The number of thioether (sulfide) groups is 1. The van der Waals surface area contributed by atoms with Crippen molar-refractivity contribution in [3.8, 4) is 0 Å². The molecule has 0 N–H and O–H groups in total. The molecule has 0 aromatic carbocycles. The summed E-state index contributed by atoms with van der Waals surface area (Å²) in [7, 11) is 0. The van der Waals surface area contributed by atoms with Crippen molar-refractivity contribution in [2.24, 2.45) is 4.99 Å². The molecule has 0 radical (unpaired) electrons. The lowest BCUT2D eigenvalue weighted by Gasteiger charge is -2.05. The first-order chi connectivity index (χ1) is 6.84. The Morgan fingerprint density at radius 2 is 2.57 bits per heavy atom. The van der Waals surface area contributed by atoms with E-state index in [0.29, 0.717) is 6.42 Å². The number of carbonyl (C=O) groups excluding carboxylic acids is 1. The van der Waals surface area contributed by atoms with Gasteiger partial charge in [-0.05, 0) is 25.0 Å². The summed E-state index contributed by atoms with van der Waals surface area (Å²) in [4.78, 5) is 15.2. The summed E-state index contributed by atoms with van der Waals surface area (Å²) >= 11 is 1.32. The standard InChI is InChI=1S/C10H11NO2S/c12-10-5-4-9(14-10)11-7-8-3-1-2-6-13-8/h2-3,6-7,9H,1,4-5H2. The Bertz CT molecular complexity index is 320. The summed E-state index contributed by atoms with van der Waals surface area (Å²) in [5, 5.41) is 0.337. The summed E-state index contributed by atoms with van der Waals surface area (Å²) in [6.45, 7) is 0. The van der Waals surface area contributed by atoms with Gasteiger partial charge in [-0.3, -0.25) is 9.79 Å². The van der Waals surface area contributed by atoms with Crippen LogP contribution in [0.2, 0.25) is 0 Å². The van der Waals surface area contributed by atoms with Crippen LogP contribution in [0.15, 0.2) is 29.2 Å². The highest BCUT2D eigenvalue weighted by Gasteiger charge is 2.21. The summed E-state index contributed by atoms with van der Waals surface area (Å²) < 4.78 is 5.20. The Labute approximate surface area is 86.9 Å². The Morgan fingerprint density at radius 1 is 1.64 bits per heavy atom. The van der Waals surface area contributed by atoms with E-state index < -0.39 is 0 Å². The summed E-state index contributed by atoms with van der Waals surface area (Å²) in [5.41, 5.74) is 0. The van der Waals surface area contributed by atoms with Crippen LogP contribution >= 0.6 is 11.8 Å². The van der Waals surface area contributed by atoms with Crippen molar-refractivity contribution in [1.82, 2.24) is 0 Å². The molecule has 3 nitrogen and oxygen atoms in total. The molecule has 2 aliphatic rings. The summed E-state index contributed by atoms with van der Waals surface area (Å²) in [6.07, 6.45) is 9.65. The van der Waals surface area contributed by atoms with Crippen molar-refractivity contribution in [3.05, 3.63) is 24.2 Å². The number of rotatable bonds is 2. The molecule has 0 aromatic rings. The molecule has 1 fully saturated rings. The van der Waals surface area contributed by atoms with Crippen molar-refractivity contribution in [1.29, 1.82) is 0 Å². The third-order valence-corrected chi connectivity index (χ3v) is 3.08. The van der Waals surface area contributed by atoms with E-state index in [1.807, 2.05) is 12.2 Å². The zero-order valence-electron chi connectivity index (χ0n) is 7.68. The molecule has 1 atom stereocenters. The second-order valence-corrected chi connectivity index (χ2v) is 4.33. The van der Waals surface area contributed by atoms with Crippen LogP contribution < -0.4 is 0 Å². The lowest BCUT2D eigenvalue weighted by atomic mass is 10.3. The van der Waals surface area contributed by atoms with Gasteiger partial charge in [-0.25, -0.2) is 0 Å². The van der Waals surface area contributed by atoms with Gasteiger partial charge in [-0.2, -0.15) is 0 Å². The van der Waals surface area contributed by atoms with Gasteiger partial charge >= 0.3 is 0 Å². The first-order valence-electron chi connectivity index (χ1n) is 4.59. The molecule has 14 heavy (non-hydrogen) atoms. The predicted octanol–water partition coefficient (Wildman–Crippen LogP) is 2.25. The molecular formula is C10H11NO2S. The molecule has 4 heteroatoms. The number of aliphatic imine (C=N–C) groups is 1. The van der Waals surface area contributed by atoms with Gasteiger partial charge in [0, 0.05) is 6.42 Å². The minimum Gasteiger partial charge on any atom is -0.464 e. The molecule has 2 heterocycles. The average molecular weight is 209 g/mol. The quantitative estimate of drug-likeness (QED) is 0.655. The largest absolute Gasteiger partial charge is 0.464 e. The van der Waals surface area contributed by atoms with Gasteiger partial charge in [0.15, 0.2) is 5.12 Å². The lowest BCUT2D eigenvalue weighted by Crippen LogP contribution is -1.96. The average Bonchev–Trinajstić information content (AvgIpc) is 2.63. The zero-order valence-corrected chi connectivity index (χ0v) is 8.50. The highest BCUT2D eigenvalue weighted by molar-refractivity contribution is 8.14. The molecular weight excluding hydrogens is 198 g/mol. The van der Waals surface area contributed by atoms with E-state index in [1.54, 1.807) is 12.5 Å². The van der Waals surface area contributed by atoms with E-state index in [1.165, 1.54) is 11.8 Å². The number of hydrogen-bond donors (Lipinski definition) is 0. The van der Waals surface area contributed by atoms with Crippen molar-refractivity contribution < 1.29 is 9.53 Å². The van der Waals surface area contributed by atoms with Crippen LogP contribution in [-0.2, 0) is 9.53 Å². The number of ether oxygens (including phenoxy) is 1. The molecule has 2 aliphatic heterocycles. The molecule has 0 bridgehead atoms. The van der Waals surface area contributed by atoms with Crippen LogP contribution in [0.1, 0.15) is 19.3 Å². The maximum absolute atomic E-state index is 10.9. The maximum atomic E-state index is 10.9. The minimum absolute atomic E-state index is 0.0953. The first kappa shape index (κ1) is 9.52. The normalized spacial score (nSPS) is 26.7. The summed E-state index contributed by atoms with van der Waals surface area (Å²) in [6, 6.07) is 0. The second kappa shape index (κ2) is 4.46. The van der Waals surface area contributed by atoms with Gasteiger partial charge in [-0.15, -0.1) is 0 Å². The fraction of sp³-hybridized carbons (Fsp3) is 0.400. The smallest absolute Gasteiger partial charge is 0.191 e. The minimum atomic E-state index is 0.0953. The highest BCUT2D eigenvalue weighted by atomic mass is 32.2.